The van der Waals surface area contributed by atoms with Crippen molar-refractivity contribution in [3.05, 3.63) is 23.8 Å². The summed E-state index contributed by atoms with van der Waals surface area (Å²) in [6.07, 6.45) is -8.71. The minimum absolute atomic E-state index is 0.365. The molecule has 16 heavy (non-hydrogen) atoms. The molecule has 0 fully saturated rings. The maximum atomic E-state index is 12.8. The fraction of sp³-hybridized carbons (Fsp3) is 0.400. The van der Waals surface area contributed by atoms with Crippen molar-refractivity contribution in [3.63, 3.8) is 0 Å². The normalized spacial score (nSPS) is 20.6. The number of rotatable bonds is 1. The molecular formula is C10H8F4O2. The van der Waals surface area contributed by atoms with Crippen molar-refractivity contribution in [3.8, 4) is 11.5 Å². The molecule has 1 aromatic rings. The molecule has 1 aliphatic rings. The minimum Gasteiger partial charge on any atom is -0.421 e. The highest BCUT2D eigenvalue weighted by atomic mass is 19.3. The van der Waals surface area contributed by atoms with Gasteiger partial charge in [-0.2, -0.15) is 17.6 Å². The van der Waals surface area contributed by atoms with Crippen LogP contribution in [0.25, 0.3) is 0 Å². The predicted octanol–water partition coefficient (Wildman–Crippen LogP) is 3.21. The molecule has 6 heteroatoms. The molecule has 0 atom stereocenters. The number of alkyl halides is 4. The van der Waals surface area contributed by atoms with Crippen LogP contribution in [0.15, 0.2) is 18.2 Å². The first-order valence-electron chi connectivity index (χ1n) is 4.62. The molecule has 0 spiro atoms. The molecular weight excluding hydrogens is 228 g/mol. The molecule has 1 aliphatic heterocycles. The highest BCUT2D eigenvalue weighted by Gasteiger charge is 2.65. The lowest BCUT2D eigenvalue weighted by Gasteiger charge is -2.31. The molecule has 1 heterocycles. The lowest BCUT2D eigenvalue weighted by Crippen LogP contribution is -2.52. The third-order valence-corrected chi connectivity index (χ3v) is 2.23. The molecule has 0 amide bonds. The molecule has 0 unspecified atom stereocenters. The Kier molecular flexibility index (Phi) is 2.25. The van der Waals surface area contributed by atoms with Crippen LogP contribution in [0.5, 0.6) is 11.5 Å². The van der Waals surface area contributed by atoms with Crippen molar-refractivity contribution < 1.29 is 27.0 Å². The van der Waals surface area contributed by atoms with E-state index < -0.39 is 12.2 Å². The number of benzene rings is 1. The van der Waals surface area contributed by atoms with Crippen LogP contribution in [-0.2, 0) is 6.42 Å². The zero-order valence-corrected chi connectivity index (χ0v) is 8.27. The quantitative estimate of drug-likeness (QED) is 0.697. The van der Waals surface area contributed by atoms with Gasteiger partial charge in [-0.05, 0) is 24.1 Å². The van der Waals surface area contributed by atoms with E-state index in [9.17, 15) is 17.6 Å². The summed E-state index contributed by atoms with van der Waals surface area (Å²) in [7, 11) is 0. The van der Waals surface area contributed by atoms with Gasteiger partial charge in [-0.15, -0.1) is 0 Å². The first-order chi connectivity index (χ1) is 7.36. The fourth-order valence-electron chi connectivity index (χ4n) is 1.33. The molecule has 0 aliphatic carbocycles. The lowest BCUT2D eigenvalue weighted by atomic mass is 10.1. The van der Waals surface area contributed by atoms with Gasteiger partial charge in [0.1, 0.15) is 0 Å². The van der Waals surface area contributed by atoms with Crippen LogP contribution < -0.4 is 9.47 Å². The number of hydrogen-bond acceptors (Lipinski definition) is 2. The van der Waals surface area contributed by atoms with Crippen LogP contribution >= 0.6 is 0 Å². The van der Waals surface area contributed by atoms with Gasteiger partial charge in [0, 0.05) is 0 Å². The topological polar surface area (TPSA) is 18.5 Å². The van der Waals surface area contributed by atoms with E-state index in [-0.39, 0.29) is 11.5 Å². The van der Waals surface area contributed by atoms with Gasteiger partial charge in [-0.1, -0.05) is 13.0 Å². The molecule has 0 N–H and O–H groups in total. The van der Waals surface area contributed by atoms with E-state index in [0.717, 1.165) is 0 Å². The molecule has 88 valence electrons. The van der Waals surface area contributed by atoms with Gasteiger partial charge in [0.05, 0.1) is 0 Å². The summed E-state index contributed by atoms with van der Waals surface area (Å²) in [5.41, 5.74) is 0.698. The third-order valence-electron chi connectivity index (χ3n) is 2.23. The largest absolute Gasteiger partial charge is 0.507 e. The Balaban J connectivity index is 2.43. The first-order valence-corrected chi connectivity index (χ1v) is 4.62. The SMILES string of the molecule is CCc1ccc2c(c1)OC(F)(F)C(F)(F)O2. The second-order valence-corrected chi connectivity index (χ2v) is 3.37. The second kappa shape index (κ2) is 3.26. The minimum atomic E-state index is -4.65. The highest BCUT2D eigenvalue weighted by molar-refractivity contribution is 5.44. The van der Waals surface area contributed by atoms with Crippen LogP contribution in [-0.4, -0.2) is 12.2 Å². The highest BCUT2D eigenvalue weighted by Crippen LogP contribution is 2.46. The van der Waals surface area contributed by atoms with Crippen molar-refractivity contribution in [2.75, 3.05) is 0 Å². The first kappa shape index (κ1) is 11.0. The predicted molar refractivity (Wildman–Crippen MR) is 47.0 cm³/mol. The van der Waals surface area contributed by atoms with E-state index in [1.54, 1.807) is 6.92 Å². The molecule has 0 aromatic heterocycles. The van der Waals surface area contributed by atoms with Crippen molar-refractivity contribution in [1.82, 2.24) is 0 Å². The van der Waals surface area contributed by atoms with Crippen LogP contribution in [0.4, 0.5) is 17.6 Å². The van der Waals surface area contributed by atoms with Gasteiger partial charge < -0.3 is 9.47 Å². The van der Waals surface area contributed by atoms with Crippen LogP contribution in [0.3, 0.4) is 0 Å². The summed E-state index contributed by atoms with van der Waals surface area (Å²) in [6, 6.07) is 3.97. The van der Waals surface area contributed by atoms with Gasteiger partial charge >= 0.3 is 12.2 Å². The molecule has 1 aromatic carbocycles. The van der Waals surface area contributed by atoms with Crippen LogP contribution in [0.1, 0.15) is 12.5 Å². The molecule has 2 nitrogen and oxygen atoms in total. The van der Waals surface area contributed by atoms with Gasteiger partial charge in [0.15, 0.2) is 11.5 Å². The van der Waals surface area contributed by atoms with E-state index in [1.807, 2.05) is 0 Å². The maximum absolute atomic E-state index is 12.8. The summed E-state index contributed by atoms with van der Waals surface area (Å²) >= 11 is 0. The number of hydrogen-bond donors (Lipinski definition) is 0. The fourth-order valence-corrected chi connectivity index (χ4v) is 1.33. The lowest BCUT2D eigenvalue weighted by molar-refractivity contribution is -0.391. The standard InChI is InChI=1S/C10H8F4O2/c1-2-6-3-4-7-8(5-6)16-10(13,14)9(11,12)15-7/h3-5H,2H2,1H3. The van der Waals surface area contributed by atoms with E-state index in [2.05, 4.69) is 9.47 Å². The number of halogens is 4. The van der Waals surface area contributed by atoms with E-state index in [0.29, 0.717) is 12.0 Å². The number of ether oxygens (including phenoxy) is 2. The van der Waals surface area contributed by atoms with Gasteiger partial charge in [0.2, 0.25) is 0 Å². The van der Waals surface area contributed by atoms with Gasteiger partial charge in [-0.3, -0.25) is 0 Å². The smallest absolute Gasteiger partial charge is 0.421 e. The van der Waals surface area contributed by atoms with Crippen molar-refractivity contribution >= 4 is 0 Å². The maximum Gasteiger partial charge on any atom is 0.507 e. The summed E-state index contributed by atoms with van der Waals surface area (Å²) in [6.45, 7) is 1.80. The summed E-state index contributed by atoms with van der Waals surface area (Å²) in [5.74, 6) is -0.747. The summed E-state index contributed by atoms with van der Waals surface area (Å²) in [4.78, 5) is 0. The number of aryl methyl sites for hydroxylation is 1. The second-order valence-electron chi connectivity index (χ2n) is 3.37. The Morgan fingerprint density at radius 1 is 1.00 bits per heavy atom. The Labute approximate surface area is 88.8 Å². The monoisotopic (exact) mass is 236 g/mol. The van der Waals surface area contributed by atoms with Crippen molar-refractivity contribution in [2.24, 2.45) is 0 Å². The van der Waals surface area contributed by atoms with Crippen LogP contribution in [0.2, 0.25) is 0 Å². The average Bonchev–Trinajstić information content (AvgIpc) is 2.18. The van der Waals surface area contributed by atoms with Crippen molar-refractivity contribution in [2.45, 2.75) is 25.6 Å². The molecule has 2 rings (SSSR count). The zero-order chi connectivity index (χ0) is 12.0. The van der Waals surface area contributed by atoms with Gasteiger partial charge in [-0.25, -0.2) is 0 Å². The molecule has 0 bridgehead atoms. The zero-order valence-electron chi connectivity index (χ0n) is 8.27. The van der Waals surface area contributed by atoms with E-state index in [4.69, 9.17) is 0 Å². The van der Waals surface area contributed by atoms with Crippen molar-refractivity contribution in [1.29, 1.82) is 0 Å². The molecule has 0 radical (unpaired) electrons. The van der Waals surface area contributed by atoms with E-state index >= 15 is 0 Å². The van der Waals surface area contributed by atoms with E-state index in [1.165, 1.54) is 18.2 Å². The number of fused-ring (bicyclic) bond motifs is 1. The summed E-state index contributed by atoms with van der Waals surface area (Å²) < 4.78 is 59.0. The Morgan fingerprint density at radius 3 is 2.12 bits per heavy atom. The van der Waals surface area contributed by atoms with Crippen LogP contribution in [0, 0.1) is 0 Å². The average molecular weight is 236 g/mol. The molecule has 0 saturated carbocycles. The Morgan fingerprint density at radius 2 is 1.56 bits per heavy atom. The third kappa shape index (κ3) is 1.58. The van der Waals surface area contributed by atoms with Gasteiger partial charge in [0.25, 0.3) is 0 Å². The summed E-state index contributed by atoms with van der Waals surface area (Å²) in [5, 5.41) is 0. The Bertz CT molecular complexity index is 417. The molecule has 0 saturated heterocycles. The Hall–Kier alpha value is -1.46.